The minimum atomic E-state index is -0.655. The highest BCUT2D eigenvalue weighted by atomic mass is 16.3. The SMILES string of the molecule is CCCN([C]=O)C(O)CC. The van der Waals surface area contributed by atoms with Crippen LogP contribution < -0.4 is 0 Å². The summed E-state index contributed by atoms with van der Waals surface area (Å²) in [6.45, 7) is 4.36. The third-order valence-corrected chi connectivity index (χ3v) is 1.31. The lowest BCUT2D eigenvalue weighted by Crippen LogP contribution is -2.33. The van der Waals surface area contributed by atoms with Crippen molar-refractivity contribution in [2.45, 2.75) is 32.9 Å². The molecule has 0 aromatic heterocycles. The van der Waals surface area contributed by atoms with Gasteiger partial charge in [-0.05, 0) is 12.8 Å². The lowest BCUT2D eigenvalue weighted by molar-refractivity contribution is 0.0483. The quantitative estimate of drug-likeness (QED) is 0.450. The van der Waals surface area contributed by atoms with Crippen LogP contribution in [-0.4, -0.2) is 29.2 Å². The van der Waals surface area contributed by atoms with Crippen molar-refractivity contribution in [1.29, 1.82) is 0 Å². The summed E-state index contributed by atoms with van der Waals surface area (Å²) < 4.78 is 0. The van der Waals surface area contributed by atoms with Crippen LogP contribution in [0.2, 0.25) is 0 Å². The van der Waals surface area contributed by atoms with Crippen LogP contribution in [0.1, 0.15) is 26.7 Å². The molecule has 0 spiro atoms. The van der Waals surface area contributed by atoms with Crippen LogP contribution in [0.3, 0.4) is 0 Å². The molecule has 0 fully saturated rings. The summed E-state index contributed by atoms with van der Waals surface area (Å²) in [6.07, 6.45) is 2.45. The van der Waals surface area contributed by atoms with Gasteiger partial charge in [-0.1, -0.05) is 13.8 Å². The van der Waals surface area contributed by atoms with Crippen molar-refractivity contribution < 1.29 is 9.90 Å². The lowest BCUT2D eigenvalue weighted by atomic mass is 10.3. The van der Waals surface area contributed by atoms with E-state index in [1.807, 2.05) is 13.8 Å². The van der Waals surface area contributed by atoms with Crippen molar-refractivity contribution in [2.75, 3.05) is 6.54 Å². The zero-order valence-electron chi connectivity index (χ0n) is 6.50. The van der Waals surface area contributed by atoms with Gasteiger partial charge < -0.3 is 10.0 Å². The molecule has 0 aromatic rings. The minimum absolute atomic E-state index is 0.565. The minimum Gasteiger partial charge on any atom is -0.374 e. The molecular formula is C7H14NO2. The van der Waals surface area contributed by atoms with Crippen molar-refractivity contribution in [1.82, 2.24) is 4.90 Å². The maximum absolute atomic E-state index is 10.1. The van der Waals surface area contributed by atoms with Gasteiger partial charge in [0.05, 0.1) is 0 Å². The summed E-state index contributed by atoms with van der Waals surface area (Å²) in [5.74, 6) is 0. The number of rotatable bonds is 5. The highest BCUT2D eigenvalue weighted by Crippen LogP contribution is 1.97. The molecule has 3 heteroatoms. The predicted molar refractivity (Wildman–Crippen MR) is 39.0 cm³/mol. The molecule has 0 saturated carbocycles. The van der Waals surface area contributed by atoms with E-state index in [1.165, 1.54) is 4.90 Å². The summed E-state index contributed by atoms with van der Waals surface area (Å²) in [7, 11) is 0. The Bertz CT molecular complexity index is 95.6. The maximum atomic E-state index is 10.1. The number of hydrogen-bond donors (Lipinski definition) is 1. The molecule has 59 valence electrons. The van der Waals surface area contributed by atoms with E-state index in [1.54, 1.807) is 6.41 Å². The summed E-state index contributed by atoms with van der Waals surface area (Å²) in [4.78, 5) is 11.4. The van der Waals surface area contributed by atoms with Crippen LogP contribution in [0.15, 0.2) is 0 Å². The molecule has 1 amide bonds. The van der Waals surface area contributed by atoms with Gasteiger partial charge in [0.1, 0.15) is 6.23 Å². The van der Waals surface area contributed by atoms with Crippen molar-refractivity contribution in [3.63, 3.8) is 0 Å². The third-order valence-electron chi connectivity index (χ3n) is 1.31. The number of amides is 1. The van der Waals surface area contributed by atoms with E-state index in [2.05, 4.69) is 0 Å². The Kier molecular flexibility index (Phi) is 4.94. The molecule has 1 unspecified atom stereocenters. The van der Waals surface area contributed by atoms with E-state index in [0.29, 0.717) is 13.0 Å². The zero-order valence-corrected chi connectivity index (χ0v) is 6.50. The second-order valence-corrected chi connectivity index (χ2v) is 2.17. The summed E-state index contributed by atoms with van der Waals surface area (Å²) in [5.41, 5.74) is 0. The van der Waals surface area contributed by atoms with Crippen LogP contribution >= 0.6 is 0 Å². The number of aliphatic hydroxyl groups is 1. The van der Waals surface area contributed by atoms with Gasteiger partial charge in [-0.2, -0.15) is 0 Å². The van der Waals surface area contributed by atoms with Crippen molar-refractivity contribution >= 4 is 6.41 Å². The molecular weight excluding hydrogens is 130 g/mol. The lowest BCUT2D eigenvalue weighted by Gasteiger charge is -2.20. The molecule has 1 atom stereocenters. The monoisotopic (exact) mass is 144 g/mol. The number of carbonyl (C=O) groups excluding carboxylic acids is 1. The van der Waals surface area contributed by atoms with E-state index >= 15 is 0 Å². The van der Waals surface area contributed by atoms with Gasteiger partial charge >= 0.3 is 6.41 Å². The number of nitrogens with zero attached hydrogens (tertiary/aromatic N) is 1. The van der Waals surface area contributed by atoms with Crippen LogP contribution in [-0.2, 0) is 4.79 Å². The topological polar surface area (TPSA) is 40.5 Å². The highest BCUT2D eigenvalue weighted by molar-refractivity contribution is 5.48. The Morgan fingerprint density at radius 2 is 2.20 bits per heavy atom. The molecule has 0 rings (SSSR count). The van der Waals surface area contributed by atoms with Crippen molar-refractivity contribution in [3.05, 3.63) is 0 Å². The normalized spacial score (nSPS) is 12.7. The fourth-order valence-electron chi connectivity index (χ4n) is 0.717. The Hall–Kier alpha value is -0.570. The average molecular weight is 144 g/mol. The van der Waals surface area contributed by atoms with Crippen LogP contribution in [0.25, 0.3) is 0 Å². The molecule has 1 N–H and O–H groups in total. The van der Waals surface area contributed by atoms with Gasteiger partial charge in [-0.3, -0.25) is 4.79 Å². The van der Waals surface area contributed by atoms with Crippen LogP contribution in [0, 0.1) is 0 Å². The first-order valence-electron chi connectivity index (χ1n) is 3.58. The fourth-order valence-corrected chi connectivity index (χ4v) is 0.717. The van der Waals surface area contributed by atoms with E-state index in [4.69, 9.17) is 5.11 Å². The fraction of sp³-hybridized carbons (Fsp3) is 0.857. The molecule has 0 aliphatic heterocycles. The smallest absolute Gasteiger partial charge is 0.314 e. The Balaban J connectivity index is 3.67. The third kappa shape index (κ3) is 2.82. The predicted octanol–water partition coefficient (Wildman–Crippen LogP) is 0.494. The van der Waals surface area contributed by atoms with Gasteiger partial charge in [-0.15, -0.1) is 0 Å². The van der Waals surface area contributed by atoms with E-state index in [9.17, 15) is 4.79 Å². The number of hydrogen-bond acceptors (Lipinski definition) is 2. The van der Waals surface area contributed by atoms with Crippen molar-refractivity contribution in [2.24, 2.45) is 0 Å². The van der Waals surface area contributed by atoms with Gasteiger partial charge in [0.25, 0.3) is 0 Å². The van der Waals surface area contributed by atoms with Gasteiger partial charge in [0, 0.05) is 6.54 Å². The molecule has 10 heavy (non-hydrogen) atoms. The Labute approximate surface area is 61.6 Å². The molecule has 0 bridgehead atoms. The second-order valence-electron chi connectivity index (χ2n) is 2.17. The molecule has 3 nitrogen and oxygen atoms in total. The molecule has 0 aromatic carbocycles. The van der Waals surface area contributed by atoms with E-state index in [-0.39, 0.29) is 0 Å². The first-order chi connectivity index (χ1) is 4.76. The number of aliphatic hydroxyl groups excluding tert-OH is 1. The average Bonchev–Trinajstić information content (AvgIpc) is 1.99. The first-order valence-corrected chi connectivity index (χ1v) is 3.58. The summed E-state index contributed by atoms with van der Waals surface area (Å²) in [6, 6.07) is 0. The maximum Gasteiger partial charge on any atom is 0.314 e. The molecule has 0 heterocycles. The standard InChI is InChI=1S/C7H14NO2/c1-3-5-8(6-9)7(10)4-2/h7,10H,3-5H2,1-2H3. The zero-order chi connectivity index (χ0) is 7.98. The summed E-state index contributed by atoms with van der Waals surface area (Å²) in [5, 5.41) is 9.11. The van der Waals surface area contributed by atoms with E-state index in [0.717, 1.165) is 6.42 Å². The van der Waals surface area contributed by atoms with Crippen LogP contribution in [0.4, 0.5) is 0 Å². The molecule has 1 radical (unpaired) electrons. The molecule has 0 saturated heterocycles. The van der Waals surface area contributed by atoms with Crippen LogP contribution in [0.5, 0.6) is 0 Å². The summed E-state index contributed by atoms with van der Waals surface area (Å²) >= 11 is 0. The van der Waals surface area contributed by atoms with Gasteiger partial charge in [0.2, 0.25) is 0 Å². The van der Waals surface area contributed by atoms with Gasteiger partial charge in [-0.25, -0.2) is 0 Å². The second kappa shape index (κ2) is 5.23. The highest BCUT2D eigenvalue weighted by Gasteiger charge is 2.09. The molecule has 0 aliphatic carbocycles. The largest absolute Gasteiger partial charge is 0.374 e. The van der Waals surface area contributed by atoms with Crippen molar-refractivity contribution in [3.8, 4) is 0 Å². The first kappa shape index (κ1) is 9.43. The Morgan fingerprint density at radius 3 is 2.50 bits per heavy atom. The van der Waals surface area contributed by atoms with Gasteiger partial charge in [0.15, 0.2) is 0 Å². The Morgan fingerprint density at radius 1 is 1.60 bits per heavy atom. The molecule has 0 aliphatic rings. The van der Waals surface area contributed by atoms with E-state index < -0.39 is 6.23 Å².